The molecule has 0 unspecified atom stereocenters. The summed E-state index contributed by atoms with van der Waals surface area (Å²) < 4.78 is 36.4. The van der Waals surface area contributed by atoms with Crippen LogP contribution in [0.1, 0.15) is 0 Å². The van der Waals surface area contributed by atoms with Crippen LogP contribution < -0.4 is 22.1 Å². The topological polar surface area (TPSA) is 284 Å². The molecule has 0 atom stereocenters. The minimum atomic E-state index is -5.46. The van der Waals surface area contributed by atoms with Crippen molar-refractivity contribution in [1.29, 1.82) is 0 Å². The standard InChI is InChI=1S/C5H3N5O2.H5O10P3/c6-4-8-2-1(3(11)10-4)7-5(12)9-2;1-11(2,3)9-13(7,8)10-12(4,5)6/h(H3,6,8,9,10,11,12);(H,7,8)(H2,1,2,3)(H2,4,5,6). The highest BCUT2D eigenvalue weighted by molar-refractivity contribution is 7.66. The SMILES string of the molecule is Nc1nc2c(c(=O)[nH]1)=NC(=O)N=2.O=P(O)(O)OP(=O)(O)OP(=O)(O)O. The van der Waals surface area contributed by atoms with Crippen LogP contribution in [-0.4, -0.2) is 40.5 Å². The molecule has 8 N–H and O–H groups in total. The Kier molecular flexibility index (Phi) is 6.26. The molecule has 0 fully saturated rings. The van der Waals surface area contributed by atoms with Crippen molar-refractivity contribution in [3.63, 3.8) is 0 Å². The largest absolute Gasteiger partial charge is 0.490 e. The highest BCUT2D eigenvalue weighted by atomic mass is 31.3. The number of hydrogen-bond donors (Lipinski definition) is 7. The van der Waals surface area contributed by atoms with Gasteiger partial charge in [0.1, 0.15) is 0 Å². The first kappa shape index (κ1) is 21.4. The number of phosphoric acid groups is 3. The number of urea groups is 1. The van der Waals surface area contributed by atoms with Gasteiger partial charge < -0.3 is 30.2 Å². The van der Waals surface area contributed by atoms with Crippen LogP contribution in [0.3, 0.4) is 0 Å². The molecule has 25 heavy (non-hydrogen) atoms. The molecule has 0 saturated carbocycles. The van der Waals surface area contributed by atoms with E-state index in [-0.39, 0.29) is 16.8 Å². The molecular weight excluding hydrogens is 415 g/mol. The Balaban J connectivity index is 0.000000250. The molecular formula is C5H8N5O12P3. The molecule has 0 radical (unpaired) electrons. The minimum Gasteiger partial charge on any atom is -0.369 e. The molecule has 20 heteroatoms. The Labute approximate surface area is 135 Å². The normalized spacial score (nSPS) is 14.0. The summed E-state index contributed by atoms with van der Waals surface area (Å²) in [6.45, 7) is 0. The molecule has 140 valence electrons. The van der Waals surface area contributed by atoms with Crippen molar-refractivity contribution >= 4 is 35.4 Å². The lowest BCUT2D eigenvalue weighted by atomic mass is 10.6. The Morgan fingerprint density at radius 3 is 1.84 bits per heavy atom. The summed E-state index contributed by atoms with van der Waals surface area (Å²) in [6.07, 6.45) is 0. The average molecular weight is 423 g/mol. The molecule has 1 aromatic heterocycles. The van der Waals surface area contributed by atoms with Gasteiger partial charge in [0.2, 0.25) is 5.95 Å². The minimum absolute atomic E-state index is 0.0127. The first-order valence-corrected chi connectivity index (χ1v) is 9.87. The van der Waals surface area contributed by atoms with E-state index in [0.717, 1.165) is 0 Å². The van der Waals surface area contributed by atoms with Crippen molar-refractivity contribution in [3.05, 3.63) is 21.2 Å². The number of nitrogens with zero attached hydrogens (tertiary/aromatic N) is 3. The lowest BCUT2D eigenvalue weighted by molar-refractivity contribution is 0.204. The fourth-order valence-electron chi connectivity index (χ4n) is 1.15. The molecule has 1 aliphatic heterocycles. The predicted octanol–water partition coefficient (Wildman–Crippen LogP) is -2.97. The second kappa shape index (κ2) is 7.31. The summed E-state index contributed by atoms with van der Waals surface area (Å²) in [6, 6.07) is -0.728. The molecule has 1 aromatic rings. The van der Waals surface area contributed by atoms with Gasteiger partial charge in [-0.25, -0.2) is 18.5 Å². The van der Waals surface area contributed by atoms with Gasteiger partial charge in [-0.15, -0.1) is 0 Å². The van der Waals surface area contributed by atoms with Crippen LogP contribution in [-0.2, 0) is 22.3 Å². The van der Waals surface area contributed by atoms with Gasteiger partial charge in [0.25, 0.3) is 5.56 Å². The van der Waals surface area contributed by atoms with Crippen LogP contribution >= 0.6 is 23.5 Å². The summed E-state index contributed by atoms with van der Waals surface area (Å²) in [4.78, 5) is 74.3. The molecule has 0 aromatic carbocycles. The fourth-order valence-corrected chi connectivity index (χ4v) is 3.68. The number of nitrogens with two attached hydrogens (primary N) is 1. The van der Waals surface area contributed by atoms with Gasteiger partial charge in [-0.3, -0.25) is 9.78 Å². The zero-order valence-corrected chi connectivity index (χ0v) is 14.0. The van der Waals surface area contributed by atoms with Gasteiger partial charge in [-0.1, -0.05) is 0 Å². The van der Waals surface area contributed by atoms with Crippen molar-refractivity contribution in [3.8, 4) is 0 Å². The zero-order chi connectivity index (χ0) is 19.6. The third-order valence-corrected chi connectivity index (χ3v) is 5.08. The zero-order valence-electron chi connectivity index (χ0n) is 11.4. The van der Waals surface area contributed by atoms with Crippen molar-refractivity contribution < 1.29 is 51.6 Å². The third-order valence-electron chi connectivity index (χ3n) is 1.72. The predicted molar refractivity (Wildman–Crippen MR) is 73.1 cm³/mol. The van der Waals surface area contributed by atoms with E-state index in [1.807, 2.05) is 0 Å². The molecule has 2 amide bonds. The van der Waals surface area contributed by atoms with E-state index in [0.29, 0.717) is 0 Å². The van der Waals surface area contributed by atoms with Crippen LogP contribution in [0.4, 0.5) is 10.7 Å². The quantitative estimate of drug-likeness (QED) is 0.238. The maximum absolute atomic E-state index is 11.0. The Morgan fingerprint density at radius 1 is 0.920 bits per heavy atom. The fraction of sp³-hybridized carbons (Fsp3) is 0. The molecule has 0 spiro atoms. The highest BCUT2D eigenvalue weighted by Crippen LogP contribution is 2.64. The summed E-state index contributed by atoms with van der Waals surface area (Å²) in [5, 5.41) is -0.0748. The van der Waals surface area contributed by atoms with Gasteiger partial charge in [0, 0.05) is 0 Å². The van der Waals surface area contributed by atoms with Crippen molar-refractivity contribution in [2.75, 3.05) is 5.73 Å². The van der Waals surface area contributed by atoms with Gasteiger partial charge in [-0.2, -0.15) is 23.6 Å². The van der Waals surface area contributed by atoms with Crippen LogP contribution in [0.25, 0.3) is 0 Å². The second-order valence-electron chi connectivity index (χ2n) is 3.74. The Hall–Kier alpha value is -1.64. The van der Waals surface area contributed by atoms with Gasteiger partial charge in [0.15, 0.2) is 10.8 Å². The molecule has 0 saturated heterocycles. The van der Waals surface area contributed by atoms with Gasteiger partial charge in [-0.05, 0) is 0 Å². The Morgan fingerprint density at radius 2 is 1.40 bits per heavy atom. The highest BCUT2D eigenvalue weighted by Gasteiger charge is 2.38. The van der Waals surface area contributed by atoms with E-state index in [1.54, 1.807) is 0 Å². The van der Waals surface area contributed by atoms with Crippen LogP contribution in [0, 0.1) is 0 Å². The van der Waals surface area contributed by atoms with E-state index in [1.165, 1.54) is 0 Å². The van der Waals surface area contributed by atoms with Crippen LogP contribution in [0.15, 0.2) is 14.8 Å². The molecule has 1 aliphatic rings. The van der Waals surface area contributed by atoms with Crippen molar-refractivity contribution in [2.24, 2.45) is 9.98 Å². The van der Waals surface area contributed by atoms with Crippen LogP contribution in [0.2, 0.25) is 0 Å². The molecule has 0 aliphatic carbocycles. The number of aromatic nitrogens is 2. The number of hydrogen-bond acceptors (Lipinski definition) is 9. The summed E-state index contributed by atoms with van der Waals surface area (Å²) in [7, 11) is -16.2. The van der Waals surface area contributed by atoms with E-state index in [9.17, 15) is 23.3 Å². The number of anilines is 1. The molecule has 2 heterocycles. The molecule has 17 nitrogen and oxygen atoms in total. The van der Waals surface area contributed by atoms with Crippen LogP contribution in [0.5, 0.6) is 0 Å². The Bertz CT molecular complexity index is 975. The lowest BCUT2D eigenvalue weighted by Crippen LogP contribution is -2.41. The number of H-pyrrole nitrogens is 1. The van der Waals surface area contributed by atoms with E-state index in [4.69, 9.17) is 30.2 Å². The number of fused-ring (bicyclic) bond motifs is 1. The lowest BCUT2D eigenvalue weighted by Gasteiger charge is -2.11. The van der Waals surface area contributed by atoms with E-state index >= 15 is 0 Å². The summed E-state index contributed by atoms with van der Waals surface area (Å²) in [5.41, 5.74) is 4.64. The number of nitrogens with one attached hydrogen (secondary N) is 1. The second-order valence-corrected chi connectivity index (χ2v) is 7.95. The number of nitrogen functional groups attached to an aromatic ring is 1. The molecule has 0 bridgehead atoms. The maximum atomic E-state index is 11.0. The summed E-state index contributed by atoms with van der Waals surface area (Å²) in [5.74, 6) is -0.0765. The third kappa shape index (κ3) is 7.85. The number of carbonyl (C=O) groups is 1. The first-order valence-electron chi connectivity index (χ1n) is 5.32. The number of amides is 2. The first-order chi connectivity index (χ1) is 11.1. The number of carbonyl (C=O) groups excluding carboxylic acids is 1. The maximum Gasteiger partial charge on any atom is 0.490 e. The monoisotopic (exact) mass is 423 g/mol. The van der Waals surface area contributed by atoms with Crippen molar-refractivity contribution in [2.45, 2.75) is 0 Å². The number of aromatic amines is 1. The average Bonchev–Trinajstić information content (AvgIpc) is 2.63. The summed E-state index contributed by atoms with van der Waals surface area (Å²) >= 11 is 0. The van der Waals surface area contributed by atoms with Crippen molar-refractivity contribution in [1.82, 2.24) is 9.97 Å². The van der Waals surface area contributed by atoms with Gasteiger partial charge in [0.05, 0.1) is 0 Å². The van der Waals surface area contributed by atoms with Gasteiger partial charge >= 0.3 is 29.5 Å². The smallest absolute Gasteiger partial charge is 0.369 e. The van der Waals surface area contributed by atoms with E-state index < -0.39 is 35.1 Å². The molecule has 2 rings (SSSR count). The van der Waals surface area contributed by atoms with E-state index in [2.05, 4.69) is 28.6 Å². The number of rotatable bonds is 4.